The molecule has 0 amide bonds. The summed E-state index contributed by atoms with van der Waals surface area (Å²) in [6.07, 6.45) is 15.0. The van der Waals surface area contributed by atoms with Gasteiger partial charge in [0, 0.05) is 13.8 Å². The number of aliphatic hydroxyl groups is 1. The van der Waals surface area contributed by atoms with Crippen LogP contribution in [0.3, 0.4) is 0 Å². The topological polar surface area (TPSA) is 89.9 Å². The summed E-state index contributed by atoms with van der Waals surface area (Å²) in [5.74, 6) is -1.78. The van der Waals surface area contributed by atoms with Gasteiger partial charge in [-0.15, -0.1) is 0 Å². The lowest BCUT2D eigenvalue weighted by Gasteiger charge is -2.34. The maximum Gasteiger partial charge on any atom is 0.303 e. The van der Waals surface area contributed by atoms with Crippen molar-refractivity contribution in [2.24, 2.45) is 0 Å². The molecule has 6 nitrogen and oxygen atoms in total. The van der Waals surface area contributed by atoms with Gasteiger partial charge in [0.25, 0.3) is 0 Å². The minimum Gasteiger partial charge on any atom is -0.459 e. The lowest BCUT2D eigenvalue weighted by Crippen LogP contribution is -2.56. The minimum absolute atomic E-state index is 0.346. The van der Waals surface area contributed by atoms with E-state index in [9.17, 15) is 19.5 Å². The summed E-state index contributed by atoms with van der Waals surface area (Å²) in [5.41, 5.74) is -2.05. The van der Waals surface area contributed by atoms with Gasteiger partial charge in [-0.25, -0.2) is 0 Å². The van der Waals surface area contributed by atoms with Gasteiger partial charge in [0.1, 0.15) is 6.10 Å². The van der Waals surface area contributed by atoms with Crippen molar-refractivity contribution < 1.29 is 29.0 Å². The first-order valence-corrected chi connectivity index (χ1v) is 11.6. The molecule has 0 aliphatic heterocycles. The lowest BCUT2D eigenvalue weighted by molar-refractivity contribution is -0.186. The Morgan fingerprint density at radius 3 is 1.90 bits per heavy atom. The first-order chi connectivity index (χ1) is 14.3. The molecule has 0 heterocycles. The SMILES string of the molecule is CCCCCCCCCCCCCC[C@H](OC(C)=O)[C@@]1(O)C(=O)C=C[C@H]1OC(C)=O. The molecule has 1 aliphatic carbocycles. The van der Waals surface area contributed by atoms with Crippen LogP contribution in [0.5, 0.6) is 0 Å². The Kier molecular flexibility index (Phi) is 12.6. The van der Waals surface area contributed by atoms with Crippen LogP contribution in [-0.2, 0) is 23.9 Å². The molecule has 172 valence electrons. The van der Waals surface area contributed by atoms with E-state index < -0.39 is 35.5 Å². The van der Waals surface area contributed by atoms with E-state index in [1.165, 1.54) is 77.4 Å². The number of ketones is 1. The quantitative estimate of drug-likeness (QED) is 0.282. The molecule has 0 aromatic heterocycles. The van der Waals surface area contributed by atoms with Crippen LogP contribution in [0.25, 0.3) is 0 Å². The predicted molar refractivity (Wildman–Crippen MR) is 116 cm³/mol. The molecule has 0 saturated carbocycles. The zero-order valence-electron chi connectivity index (χ0n) is 19.0. The molecule has 3 atom stereocenters. The van der Waals surface area contributed by atoms with Crippen LogP contribution >= 0.6 is 0 Å². The maximum atomic E-state index is 12.3. The first kappa shape index (κ1) is 26.3. The van der Waals surface area contributed by atoms with Crippen LogP contribution < -0.4 is 0 Å². The number of hydrogen-bond acceptors (Lipinski definition) is 6. The summed E-state index contributed by atoms with van der Waals surface area (Å²) in [6.45, 7) is 4.69. The number of carbonyl (C=O) groups excluding carboxylic acids is 3. The van der Waals surface area contributed by atoms with Gasteiger partial charge in [-0.1, -0.05) is 77.6 Å². The fourth-order valence-corrected chi connectivity index (χ4v) is 3.98. The van der Waals surface area contributed by atoms with E-state index in [0.29, 0.717) is 6.42 Å². The number of ether oxygens (including phenoxy) is 2. The highest BCUT2D eigenvalue weighted by molar-refractivity contribution is 6.01. The molecule has 0 aromatic rings. The van der Waals surface area contributed by atoms with Gasteiger partial charge in [-0.05, 0) is 25.0 Å². The molecule has 0 fully saturated rings. The third kappa shape index (κ3) is 8.99. The van der Waals surface area contributed by atoms with Gasteiger partial charge in [0.05, 0.1) is 0 Å². The molecular weight excluding hydrogens is 384 g/mol. The van der Waals surface area contributed by atoms with Gasteiger partial charge in [0.2, 0.25) is 5.60 Å². The monoisotopic (exact) mass is 424 g/mol. The molecule has 0 bridgehead atoms. The Balaban J connectivity index is 2.36. The Morgan fingerprint density at radius 1 is 0.933 bits per heavy atom. The molecule has 0 spiro atoms. The third-order valence-corrected chi connectivity index (χ3v) is 5.66. The van der Waals surface area contributed by atoms with E-state index in [0.717, 1.165) is 25.7 Å². The van der Waals surface area contributed by atoms with Crippen molar-refractivity contribution in [3.8, 4) is 0 Å². The molecule has 1 N–H and O–H groups in total. The molecule has 1 rings (SSSR count). The number of rotatable bonds is 16. The predicted octanol–water partition coefficient (Wildman–Crippen LogP) is 4.81. The van der Waals surface area contributed by atoms with Crippen molar-refractivity contribution in [3.05, 3.63) is 12.2 Å². The van der Waals surface area contributed by atoms with E-state index >= 15 is 0 Å². The van der Waals surface area contributed by atoms with Crippen molar-refractivity contribution in [2.45, 2.75) is 122 Å². The van der Waals surface area contributed by atoms with E-state index in [2.05, 4.69) is 6.92 Å². The molecule has 1 aliphatic rings. The Hall–Kier alpha value is -1.69. The van der Waals surface area contributed by atoms with Gasteiger partial charge in [0.15, 0.2) is 11.9 Å². The standard InChI is InChI=1S/C24H40O6/c1-4-5-6-7-8-9-10-11-12-13-14-15-16-22(29-19(2)25)24(28)21(27)17-18-23(24)30-20(3)26/h17-18,22-23,28H,4-16H2,1-3H3/t22-,23+,24-/m0/s1. The van der Waals surface area contributed by atoms with Crippen LogP contribution in [0, 0.1) is 0 Å². The van der Waals surface area contributed by atoms with Crippen LogP contribution in [-0.4, -0.2) is 40.6 Å². The van der Waals surface area contributed by atoms with Crippen molar-refractivity contribution in [1.29, 1.82) is 0 Å². The van der Waals surface area contributed by atoms with Gasteiger partial charge in [-0.3, -0.25) is 14.4 Å². The summed E-state index contributed by atoms with van der Waals surface area (Å²) < 4.78 is 10.4. The summed E-state index contributed by atoms with van der Waals surface area (Å²) >= 11 is 0. The third-order valence-electron chi connectivity index (χ3n) is 5.66. The van der Waals surface area contributed by atoms with Crippen molar-refractivity contribution in [3.63, 3.8) is 0 Å². The number of esters is 2. The van der Waals surface area contributed by atoms with E-state index in [4.69, 9.17) is 9.47 Å². The van der Waals surface area contributed by atoms with Crippen LogP contribution in [0.15, 0.2) is 12.2 Å². The molecule has 0 unspecified atom stereocenters. The van der Waals surface area contributed by atoms with E-state index in [1.807, 2.05) is 0 Å². The average Bonchev–Trinajstić information content (AvgIpc) is 2.96. The maximum absolute atomic E-state index is 12.3. The summed E-state index contributed by atoms with van der Waals surface area (Å²) in [5, 5.41) is 11.0. The summed E-state index contributed by atoms with van der Waals surface area (Å²) in [6, 6.07) is 0. The Morgan fingerprint density at radius 2 is 1.43 bits per heavy atom. The molecule has 0 aromatic carbocycles. The van der Waals surface area contributed by atoms with Crippen molar-refractivity contribution in [1.82, 2.24) is 0 Å². The van der Waals surface area contributed by atoms with Gasteiger partial charge >= 0.3 is 11.9 Å². The highest BCUT2D eigenvalue weighted by Crippen LogP contribution is 2.32. The fourth-order valence-electron chi connectivity index (χ4n) is 3.98. The average molecular weight is 425 g/mol. The normalized spacial score (nSPS) is 21.6. The number of hydrogen-bond donors (Lipinski definition) is 1. The van der Waals surface area contributed by atoms with Gasteiger partial charge < -0.3 is 14.6 Å². The zero-order chi connectivity index (χ0) is 22.4. The molecular formula is C24H40O6. The largest absolute Gasteiger partial charge is 0.459 e. The lowest BCUT2D eigenvalue weighted by atomic mass is 9.87. The fraction of sp³-hybridized carbons (Fsp3) is 0.792. The second-order valence-electron chi connectivity index (χ2n) is 8.35. The molecule has 0 radical (unpaired) electrons. The first-order valence-electron chi connectivity index (χ1n) is 11.6. The van der Waals surface area contributed by atoms with Crippen molar-refractivity contribution >= 4 is 17.7 Å². The Labute approximate surface area is 181 Å². The number of unbranched alkanes of at least 4 members (excludes halogenated alkanes) is 11. The summed E-state index contributed by atoms with van der Waals surface area (Å²) in [4.78, 5) is 35.2. The Bertz CT molecular complexity index is 570. The second-order valence-corrected chi connectivity index (χ2v) is 8.35. The highest BCUT2D eigenvalue weighted by atomic mass is 16.6. The van der Waals surface area contributed by atoms with E-state index in [-0.39, 0.29) is 0 Å². The second kappa shape index (κ2) is 14.3. The number of carbonyl (C=O) groups is 3. The summed E-state index contributed by atoms with van der Waals surface area (Å²) in [7, 11) is 0. The highest BCUT2D eigenvalue weighted by Gasteiger charge is 2.54. The molecule has 30 heavy (non-hydrogen) atoms. The van der Waals surface area contributed by atoms with Crippen molar-refractivity contribution in [2.75, 3.05) is 0 Å². The smallest absolute Gasteiger partial charge is 0.303 e. The van der Waals surface area contributed by atoms with Gasteiger partial charge in [-0.2, -0.15) is 0 Å². The van der Waals surface area contributed by atoms with Crippen LogP contribution in [0.4, 0.5) is 0 Å². The van der Waals surface area contributed by atoms with Crippen LogP contribution in [0.1, 0.15) is 104 Å². The zero-order valence-corrected chi connectivity index (χ0v) is 19.0. The van der Waals surface area contributed by atoms with Crippen LogP contribution in [0.2, 0.25) is 0 Å². The minimum atomic E-state index is -2.05. The molecule has 0 saturated heterocycles. The van der Waals surface area contributed by atoms with E-state index in [1.54, 1.807) is 0 Å². The molecule has 6 heteroatoms.